The molecule has 1 fully saturated rings. The summed E-state index contributed by atoms with van der Waals surface area (Å²) in [5.41, 5.74) is 2.51. The molecule has 150 valence electrons. The summed E-state index contributed by atoms with van der Waals surface area (Å²) >= 11 is 11.9. The summed E-state index contributed by atoms with van der Waals surface area (Å²) in [6, 6.07) is 13.6. The molecule has 4 nitrogen and oxygen atoms in total. The molecular formula is C22H27Cl2N2O2+. The Bertz CT molecular complexity index is 820. The molecule has 0 saturated carbocycles. The lowest BCUT2D eigenvalue weighted by atomic mass is 10.0. The highest BCUT2D eigenvalue weighted by Gasteiger charge is 2.32. The van der Waals surface area contributed by atoms with Gasteiger partial charge in [-0.1, -0.05) is 35.3 Å². The molecule has 0 aliphatic carbocycles. The number of carbonyl (C=O) groups excluding carboxylic acids is 1. The molecule has 0 spiro atoms. The molecule has 1 atom stereocenters. The van der Waals surface area contributed by atoms with Gasteiger partial charge in [0.15, 0.2) is 0 Å². The first-order valence-corrected chi connectivity index (χ1v) is 10.4. The van der Waals surface area contributed by atoms with Gasteiger partial charge in [-0.05, 0) is 37.3 Å². The van der Waals surface area contributed by atoms with Gasteiger partial charge in [0.25, 0.3) is 5.91 Å². The molecular weight excluding hydrogens is 395 g/mol. The standard InChI is InChI=1S/C22H26Cl2N2O2/c1-3-26(2,19-10-12-28-13-11-19)15-16-4-7-18(8-5-16)25-22(27)17-6-9-20(23)21(24)14-17/h4-9,14,19H,3,10-13,15H2,1-2H3/p+1. The van der Waals surface area contributed by atoms with Gasteiger partial charge in [-0.25, -0.2) is 0 Å². The Kier molecular flexibility index (Phi) is 7.00. The quantitative estimate of drug-likeness (QED) is 0.634. The van der Waals surface area contributed by atoms with E-state index in [1.165, 1.54) is 5.56 Å². The molecule has 0 radical (unpaired) electrons. The van der Waals surface area contributed by atoms with Crippen molar-refractivity contribution in [3.63, 3.8) is 0 Å². The first-order chi connectivity index (χ1) is 13.4. The van der Waals surface area contributed by atoms with Gasteiger partial charge in [0, 0.05) is 29.7 Å². The van der Waals surface area contributed by atoms with E-state index in [-0.39, 0.29) is 5.91 Å². The summed E-state index contributed by atoms with van der Waals surface area (Å²) in [5.74, 6) is -0.206. The molecule has 2 aromatic rings. The van der Waals surface area contributed by atoms with Crippen molar-refractivity contribution in [3.8, 4) is 0 Å². The van der Waals surface area contributed by atoms with Crippen LogP contribution in [-0.4, -0.2) is 43.2 Å². The van der Waals surface area contributed by atoms with Crippen LogP contribution in [0.1, 0.15) is 35.7 Å². The molecule has 3 rings (SSSR count). The van der Waals surface area contributed by atoms with Crippen LogP contribution in [0, 0.1) is 0 Å². The number of anilines is 1. The number of benzene rings is 2. The van der Waals surface area contributed by atoms with Crippen LogP contribution in [0.2, 0.25) is 10.0 Å². The van der Waals surface area contributed by atoms with Crippen LogP contribution in [0.3, 0.4) is 0 Å². The zero-order valence-electron chi connectivity index (χ0n) is 16.4. The maximum Gasteiger partial charge on any atom is 0.255 e. The Morgan fingerprint density at radius 1 is 1.11 bits per heavy atom. The zero-order valence-corrected chi connectivity index (χ0v) is 17.9. The van der Waals surface area contributed by atoms with Gasteiger partial charge in [0.1, 0.15) is 6.54 Å². The second kappa shape index (κ2) is 9.27. The average Bonchev–Trinajstić information content (AvgIpc) is 2.72. The lowest BCUT2D eigenvalue weighted by Crippen LogP contribution is -2.53. The minimum atomic E-state index is -0.206. The van der Waals surface area contributed by atoms with Crippen LogP contribution < -0.4 is 5.32 Å². The third-order valence-corrected chi connectivity index (χ3v) is 6.47. The lowest BCUT2D eigenvalue weighted by molar-refractivity contribution is -0.946. The molecule has 1 amide bonds. The van der Waals surface area contributed by atoms with Gasteiger partial charge < -0.3 is 14.5 Å². The van der Waals surface area contributed by atoms with Crippen LogP contribution in [0.5, 0.6) is 0 Å². The Balaban J connectivity index is 1.65. The highest BCUT2D eigenvalue weighted by Crippen LogP contribution is 2.25. The third-order valence-electron chi connectivity index (χ3n) is 5.73. The highest BCUT2D eigenvalue weighted by atomic mass is 35.5. The van der Waals surface area contributed by atoms with E-state index in [1.54, 1.807) is 18.2 Å². The van der Waals surface area contributed by atoms with E-state index in [2.05, 4.69) is 31.4 Å². The van der Waals surface area contributed by atoms with Crippen molar-refractivity contribution in [1.29, 1.82) is 0 Å². The number of hydrogen-bond donors (Lipinski definition) is 1. The summed E-state index contributed by atoms with van der Waals surface area (Å²) < 4.78 is 6.54. The molecule has 1 aliphatic heterocycles. The number of hydrogen-bond acceptors (Lipinski definition) is 2. The molecule has 1 unspecified atom stereocenters. The fourth-order valence-corrected chi connectivity index (χ4v) is 4.06. The normalized spacial score (nSPS) is 17.1. The maximum atomic E-state index is 12.4. The van der Waals surface area contributed by atoms with E-state index >= 15 is 0 Å². The lowest BCUT2D eigenvalue weighted by Gasteiger charge is -2.42. The Hall–Kier alpha value is -1.59. The maximum absolute atomic E-state index is 12.4. The fourth-order valence-electron chi connectivity index (χ4n) is 3.76. The second-order valence-corrected chi connectivity index (χ2v) is 8.39. The van der Waals surface area contributed by atoms with E-state index in [0.717, 1.165) is 49.3 Å². The van der Waals surface area contributed by atoms with E-state index in [0.29, 0.717) is 21.7 Å². The first kappa shape index (κ1) is 21.1. The molecule has 6 heteroatoms. The summed E-state index contributed by atoms with van der Waals surface area (Å²) in [6.45, 7) is 6.03. The van der Waals surface area contributed by atoms with E-state index in [1.807, 2.05) is 12.1 Å². The van der Waals surface area contributed by atoms with Gasteiger partial charge in [-0.3, -0.25) is 4.79 Å². The smallest absolute Gasteiger partial charge is 0.255 e. The van der Waals surface area contributed by atoms with Crippen molar-refractivity contribution in [2.75, 3.05) is 32.1 Å². The van der Waals surface area contributed by atoms with Crippen LogP contribution in [0.25, 0.3) is 0 Å². The molecule has 2 aromatic carbocycles. The number of halogens is 2. The SMILES string of the molecule is CC[N+](C)(Cc1ccc(NC(=O)c2ccc(Cl)c(Cl)c2)cc1)C1CCOCC1. The van der Waals surface area contributed by atoms with Crippen LogP contribution >= 0.6 is 23.2 Å². The van der Waals surface area contributed by atoms with E-state index in [4.69, 9.17) is 27.9 Å². The number of ether oxygens (including phenoxy) is 1. The Morgan fingerprint density at radius 3 is 2.39 bits per heavy atom. The predicted molar refractivity (Wildman–Crippen MR) is 115 cm³/mol. The number of quaternary nitrogens is 1. The van der Waals surface area contributed by atoms with Crippen LogP contribution in [0.15, 0.2) is 42.5 Å². The van der Waals surface area contributed by atoms with Crippen LogP contribution in [0.4, 0.5) is 5.69 Å². The summed E-state index contributed by atoms with van der Waals surface area (Å²) in [6.07, 6.45) is 2.23. The molecule has 28 heavy (non-hydrogen) atoms. The highest BCUT2D eigenvalue weighted by molar-refractivity contribution is 6.42. The third kappa shape index (κ3) is 5.06. The molecule has 1 heterocycles. The average molecular weight is 422 g/mol. The number of carbonyl (C=O) groups is 1. The van der Waals surface area contributed by atoms with Gasteiger partial charge in [0.2, 0.25) is 0 Å². The van der Waals surface area contributed by atoms with Crippen molar-refractivity contribution in [1.82, 2.24) is 0 Å². The summed E-state index contributed by atoms with van der Waals surface area (Å²) in [4.78, 5) is 12.4. The minimum Gasteiger partial charge on any atom is -0.381 e. The van der Waals surface area contributed by atoms with Gasteiger partial charge >= 0.3 is 0 Å². The van der Waals surface area contributed by atoms with Crippen molar-refractivity contribution < 1.29 is 14.0 Å². The number of rotatable bonds is 6. The molecule has 1 aliphatic rings. The minimum absolute atomic E-state index is 0.206. The number of amides is 1. The largest absolute Gasteiger partial charge is 0.381 e. The summed E-state index contributed by atoms with van der Waals surface area (Å²) in [7, 11) is 2.33. The second-order valence-electron chi connectivity index (χ2n) is 7.58. The zero-order chi connectivity index (χ0) is 20.1. The topological polar surface area (TPSA) is 38.3 Å². The van der Waals surface area contributed by atoms with Crippen molar-refractivity contribution in [3.05, 3.63) is 63.6 Å². The van der Waals surface area contributed by atoms with Gasteiger partial charge in [-0.15, -0.1) is 0 Å². The Morgan fingerprint density at radius 2 is 1.79 bits per heavy atom. The molecule has 1 N–H and O–H groups in total. The predicted octanol–water partition coefficient (Wildman–Crippen LogP) is 5.39. The van der Waals surface area contributed by atoms with Crippen LogP contribution in [-0.2, 0) is 11.3 Å². The fraction of sp³-hybridized carbons (Fsp3) is 0.409. The molecule has 0 aromatic heterocycles. The van der Waals surface area contributed by atoms with Crippen molar-refractivity contribution in [2.24, 2.45) is 0 Å². The van der Waals surface area contributed by atoms with Crippen molar-refractivity contribution in [2.45, 2.75) is 32.4 Å². The summed E-state index contributed by atoms with van der Waals surface area (Å²) in [5, 5.41) is 3.71. The first-order valence-electron chi connectivity index (χ1n) is 9.68. The van der Waals surface area contributed by atoms with E-state index < -0.39 is 0 Å². The van der Waals surface area contributed by atoms with Crippen molar-refractivity contribution >= 4 is 34.8 Å². The molecule has 0 bridgehead atoms. The van der Waals surface area contributed by atoms with Gasteiger partial charge in [-0.2, -0.15) is 0 Å². The van der Waals surface area contributed by atoms with Gasteiger partial charge in [0.05, 0.1) is 42.9 Å². The molecule has 1 saturated heterocycles. The monoisotopic (exact) mass is 421 g/mol. The number of nitrogens with zero attached hydrogens (tertiary/aromatic N) is 1. The Labute approximate surface area is 177 Å². The van der Waals surface area contributed by atoms with E-state index in [9.17, 15) is 4.79 Å². The number of nitrogens with one attached hydrogen (secondary N) is 1.